The molecular formula is C12H20BrNO2. The molecule has 0 N–H and O–H groups in total. The molecule has 0 aromatic rings. The van der Waals surface area contributed by atoms with Gasteiger partial charge < -0.3 is 9.64 Å². The number of nitrogens with zero attached hydrogens (tertiary/aromatic N) is 1. The first-order chi connectivity index (χ1) is 7.56. The fraction of sp³-hybridized carbons (Fsp3) is 0.750. The van der Waals surface area contributed by atoms with Crippen LogP contribution in [0.2, 0.25) is 0 Å². The average Bonchev–Trinajstić information content (AvgIpc) is 2.23. The van der Waals surface area contributed by atoms with Crippen molar-refractivity contribution in [3.05, 3.63) is 12.2 Å². The number of allylic oxidation sites excluding steroid dienone is 1. The fourth-order valence-electron chi connectivity index (χ4n) is 1.75. The second kappa shape index (κ2) is 6.40. The third-order valence-corrected chi connectivity index (χ3v) is 3.70. The summed E-state index contributed by atoms with van der Waals surface area (Å²) in [6, 6.07) is 0. The van der Waals surface area contributed by atoms with E-state index in [1.807, 2.05) is 6.08 Å². The first kappa shape index (κ1) is 13.7. The Hall–Kier alpha value is -0.350. The van der Waals surface area contributed by atoms with E-state index in [1.54, 1.807) is 19.0 Å². The Kier molecular flexibility index (Phi) is 5.49. The predicted octanol–water partition coefficient (Wildman–Crippen LogP) is 2.35. The van der Waals surface area contributed by atoms with Gasteiger partial charge in [0.15, 0.2) is 0 Å². The lowest BCUT2D eigenvalue weighted by Gasteiger charge is -2.29. The van der Waals surface area contributed by atoms with Gasteiger partial charge in [0.05, 0.1) is 6.10 Å². The Bertz CT molecular complexity index is 266. The van der Waals surface area contributed by atoms with Crippen molar-refractivity contribution in [3.8, 4) is 0 Å². The van der Waals surface area contributed by atoms with E-state index < -0.39 is 0 Å². The van der Waals surface area contributed by atoms with Crippen molar-refractivity contribution in [2.45, 2.75) is 43.2 Å². The molecule has 1 heterocycles. The van der Waals surface area contributed by atoms with Gasteiger partial charge in [0.25, 0.3) is 5.91 Å². The number of rotatable bonds is 2. The van der Waals surface area contributed by atoms with Gasteiger partial charge in [0.1, 0.15) is 6.10 Å². The predicted molar refractivity (Wildman–Crippen MR) is 68.7 cm³/mol. The molecule has 0 saturated carbocycles. The highest BCUT2D eigenvalue weighted by atomic mass is 79.9. The Morgan fingerprint density at radius 1 is 1.44 bits per heavy atom. The molecule has 1 amide bonds. The molecule has 4 heteroatoms. The summed E-state index contributed by atoms with van der Waals surface area (Å²) in [4.78, 5) is 13.8. The van der Waals surface area contributed by atoms with Crippen molar-refractivity contribution in [3.63, 3.8) is 0 Å². The maximum atomic E-state index is 11.9. The number of hydrogen-bond acceptors (Lipinski definition) is 2. The summed E-state index contributed by atoms with van der Waals surface area (Å²) in [6.07, 6.45) is 6.48. The largest absolute Gasteiger partial charge is 0.364 e. The Morgan fingerprint density at radius 2 is 2.06 bits per heavy atom. The molecule has 0 saturated heterocycles. The minimum Gasteiger partial charge on any atom is -0.364 e. The highest BCUT2D eigenvalue weighted by Gasteiger charge is 2.27. The van der Waals surface area contributed by atoms with Crippen LogP contribution in [0.5, 0.6) is 0 Å². The van der Waals surface area contributed by atoms with Crippen molar-refractivity contribution in [1.29, 1.82) is 0 Å². The maximum absolute atomic E-state index is 11.9. The van der Waals surface area contributed by atoms with E-state index in [4.69, 9.17) is 4.74 Å². The molecule has 3 nitrogen and oxygen atoms in total. The first-order valence-electron chi connectivity index (χ1n) is 5.72. The quantitative estimate of drug-likeness (QED) is 0.577. The second-order valence-corrected chi connectivity index (χ2v) is 5.44. The molecule has 16 heavy (non-hydrogen) atoms. The van der Waals surface area contributed by atoms with E-state index in [-0.39, 0.29) is 18.1 Å². The SMILES string of the molecule is CC[C@@H]1O[C@@H](C(=O)N(C)C)C/C=C\C[C@H]1Br. The highest BCUT2D eigenvalue weighted by molar-refractivity contribution is 9.09. The van der Waals surface area contributed by atoms with Gasteiger partial charge in [0, 0.05) is 25.3 Å². The molecule has 0 aliphatic carbocycles. The number of alkyl halides is 1. The van der Waals surface area contributed by atoms with E-state index >= 15 is 0 Å². The van der Waals surface area contributed by atoms with Crippen LogP contribution in [0.3, 0.4) is 0 Å². The molecule has 0 aromatic carbocycles. The minimum absolute atomic E-state index is 0.0460. The van der Waals surface area contributed by atoms with Crippen molar-refractivity contribution in [1.82, 2.24) is 4.90 Å². The number of hydrogen-bond donors (Lipinski definition) is 0. The van der Waals surface area contributed by atoms with E-state index in [1.165, 1.54) is 0 Å². The summed E-state index contributed by atoms with van der Waals surface area (Å²) in [5.74, 6) is 0.0460. The van der Waals surface area contributed by atoms with E-state index in [0.717, 1.165) is 12.8 Å². The molecule has 0 fully saturated rings. The van der Waals surface area contributed by atoms with Crippen LogP contribution < -0.4 is 0 Å². The lowest BCUT2D eigenvalue weighted by Crippen LogP contribution is -2.40. The van der Waals surface area contributed by atoms with E-state index in [9.17, 15) is 4.79 Å². The minimum atomic E-state index is -0.337. The summed E-state index contributed by atoms with van der Waals surface area (Å²) >= 11 is 3.61. The van der Waals surface area contributed by atoms with Gasteiger partial charge in [-0.3, -0.25) is 4.79 Å². The van der Waals surface area contributed by atoms with E-state index in [0.29, 0.717) is 11.2 Å². The van der Waals surface area contributed by atoms with Gasteiger partial charge in [-0.05, 0) is 12.8 Å². The van der Waals surface area contributed by atoms with Gasteiger partial charge in [0.2, 0.25) is 0 Å². The number of carbonyl (C=O) groups excluding carboxylic acids is 1. The van der Waals surface area contributed by atoms with Crippen molar-refractivity contribution >= 4 is 21.8 Å². The number of amides is 1. The van der Waals surface area contributed by atoms with Gasteiger partial charge in [-0.1, -0.05) is 35.0 Å². The Balaban J connectivity index is 2.73. The fourth-order valence-corrected chi connectivity index (χ4v) is 2.46. The summed E-state index contributed by atoms with van der Waals surface area (Å²) in [5.41, 5.74) is 0. The Morgan fingerprint density at radius 3 is 2.62 bits per heavy atom. The zero-order valence-corrected chi connectivity index (χ0v) is 11.7. The summed E-state index contributed by atoms with van der Waals surface area (Å²) < 4.78 is 5.89. The molecule has 1 aliphatic heterocycles. The van der Waals surface area contributed by atoms with Crippen LogP contribution in [-0.4, -0.2) is 41.9 Å². The van der Waals surface area contributed by atoms with Crippen LogP contribution in [0.1, 0.15) is 26.2 Å². The number of carbonyl (C=O) groups is 1. The number of ether oxygens (including phenoxy) is 1. The van der Waals surface area contributed by atoms with Crippen LogP contribution in [0.15, 0.2) is 12.2 Å². The third-order valence-electron chi connectivity index (χ3n) is 2.74. The van der Waals surface area contributed by atoms with Crippen molar-refractivity contribution < 1.29 is 9.53 Å². The number of likely N-dealkylation sites (N-methyl/N-ethyl adjacent to an activating group) is 1. The number of halogens is 1. The standard InChI is InChI=1S/C12H20BrNO2/c1-4-10-9(13)7-5-6-8-11(16-10)12(15)14(2)3/h5-6,9-11H,4,7-8H2,1-3H3/b6-5-/t9-,10+,11-/m1/s1. The van der Waals surface area contributed by atoms with Gasteiger partial charge in [-0.2, -0.15) is 0 Å². The smallest absolute Gasteiger partial charge is 0.251 e. The molecular weight excluding hydrogens is 270 g/mol. The van der Waals surface area contributed by atoms with Crippen LogP contribution >= 0.6 is 15.9 Å². The highest BCUT2D eigenvalue weighted by Crippen LogP contribution is 2.22. The van der Waals surface area contributed by atoms with Crippen molar-refractivity contribution in [2.24, 2.45) is 0 Å². The molecule has 3 atom stereocenters. The lowest BCUT2D eigenvalue weighted by molar-refractivity contribution is -0.145. The van der Waals surface area contributed by atoms with E-state index in [2.05, 4.69) is 28.9 Å². The van der Waals surface area contributed by atoms with Gasteiger partial charge >= 0.3 is 0 Å². The second-order valence-electron chi connectivity index (χ2n) is 4.26. The first-order valence-corrected chi connectivity index (χ1v) is 6.63. The normalized spacial score (nSPS) is 32.6. The summed E-state index contributed by atoms with van der Waals surface area (Å²) in [6.45, 7) is 2.08. The van der Waals surface area contributed by atoms with Gasteiger partial charge in [-0.15, -0.1) is 0 Å². The third kappa shape index (κ3) is 3.59. The van der Waals surface area contributed by atoms with Crippen LogP contribution in [0, 0.1) is 0 Å². The van der Waals surface area contributed by atoms with Crippen LogP contribution in [0.4, 0.5) is 0 Å². The molecule has 1 aliphatic rings. The molecule has 0 spiro atoms. The molecule has 92 valence electrons. The molecule has 0 aromatic heterocycles. The Labute approximate surface area is 106 Å². The van der Waals surface area contributed by atoms with Crippen LogP contribution in [0.25, 0.3) is 0 Å². The van der Waals surface area contributed by atoms with Crippen molar-refractivity contribution in [2.75, 3.05) is 14.1 Å². The summed E-state index contributed by atoms with van der Waals surface area (Å²) in [5, 5.41) is 0. The monoisotopic (exact) mass is 289 g/mol. The molecule has 1 rings (SSSR count). The zero-order chi connectivity index (χ0) is 12.1. The average molecular weight is 290 g/mol. The molecule has 0 radical (unpaired) electrons. The molecule has 0 unspecified atom stereocenters. The molecule has 0 bridgehead atoms. The lowest BCUT2D eigenvalue weighted by atomic mass is 10.1. The maximum Gasteiger partial charge on any atom is 0.251 e. The summed E-state index contributed by atoms with van der Waals surface area (Å²) in [7, 11) is 3.53. The van der Waals surface area contributed by atoms with Gasteiger partial charge in [-0.25, -0.2) is 0 Å². The van der Waals surface area contributed by atoms with Crippen LogP contribution in [-0.2, 0) is 9.53 Å². The topological polar surface area (TPSA) is 29.5 Å². The zero-order valence-electron chi connectivity index (χ0n) is 10.1.